The lowest BCUT2D eigenvalue weighted by molar-refractivity contribution is -0.896. The normalized spacial score (nSPS) is 37.7. The first-order valence-electron chi connectivity index (χ1n) is 3.82. The van der Waals surface area contributed by atoms with Gasteiger partial charge < -0.3 is 4.90 Å². The summed E-state index contributed by atoms with van der Waals surface area (Å²) in [5, 5.41) is 0. The van der Waals surface area contributed by atoms with E-state index in [9.17, 15) is 0 Å². The maximum Gasteiger partial charge on any atom is 0.140 e. The second-order valence-electron chi connectivity index (χ2n) is 2.90. The van der Waals surface area contributed by atoms with Crippen LogP contribution < -0.4 is 4.90 Å². The lowest BCUT2D eigenvalue weighted by atomic mass is 10.5. The van der Waals surface area contributed by atoms with Crippen molar-refractivity contribution in [3.05, 3.63) is 0 Å². The van der Waals surface area contributed by atoms with Crippen molar-refractivity contribution >= 4 is 0 Å². The van der Waals surface area contributed by atoms with E-state index >= 15 is 0 Å². The smallest absolute Gasteiger partial charge is 0.140 e. The minimum atomic E-state index is 0.745. The van der Waals surface area contributed by atoms with Gasteiger partial charge in [0.15, 0.2) is 0 Å². The van der Waals surface area contributed by atoms with Crippen LogP contribution in [0, 0.1) is 0 Å². The molecule has 9 heavy (non-hydrogen) atoms. The summed E-state index contributed by atoms with van der Waals surface area (Å²) in [5.41, 5.74) is 0. The first-order chi connectivity index (χ1) is 4.25. The van der Waals surface area contributed by atoms with Crippen molar-refractivity contribution in [3.8, 4) is 0 Å². The third-order valence-corrected chi connectivity index (χ3v) is 2.46. The van der Waals surface area contributed by atoms with Crippen molar-refractivity contribution in [2.45, 2.75) is 20.0 Å². The molecule has 1 fully saturated rings. The number of rotatable bonds is 1. The summed E-state index contributed by atoms with van der Waals surface area (Å²) in [7, 11) is 2.26. The van der Waals surface area contributed by atoms with Crippen molar-refractivity contribution in [1.82, 2.24) is 4.90 Å². The molecule has 1 saturated heterocycles. The quantitative estimate of drug-likeness (QED) is 0.486. The molecular formula is C7H17N2+. The van der Waals surface area contributed by atoms with Crippen LogP contribution in [0.2, 0.25) is 0 Å². The summed E-state index contributed by atoms with van der Waals surface area (Å²) in [6.07, 6.45) is 0.745. The van der Waals surface area contributed by atoms with E-state index in [1.165, 1.54) is 19.6 Å². The van der Waals surface area contributed by atoms with Crippen LogP contribution in [0.3, 0.4) is 0 Å². The largest absolute Gasteiger partial charge is 0.322 e. The van der Waals surface area contributed by atoms with Gasteiger partial charge in [-0.2, -0.15) is 0 Å². The Hall–Kier alpha value is -0.0800. The maximum atomic E-state index is 2.51. The van der Waals surface area contributed by atoms with Gasteiger partial charge in [0.25, 0.3) is 0 Å². The zero-order chi connectivity index (χ0) is 6.85. The Kier molecular flexibility index (Phi) is 2.09. The van der Waals surface area contributed by atoms with Crippen LogP contribution in [-0.4, -0.2) is 37.7 Å². The minimum absolute atomic E-state index is 0.745. The molecule has 1 aliphatic heterocycles. The van der Waals surface area contributed by atoms with Crippen molar-refractivity contribution < 1.29 is 4.90 Å². The van der Waals surface area contributed by atoms with Crippen LogP contribution in [-0.2, 0) is 0 Å². The number of quaternary nitrogens is 1. The van der Waals surface area contributed by atoms with Crippen molar-refractivity contribution in [3.63, 3.8) is 0 Å². The molecule has 1 rings (SSSR count). The van der Waals surface area contributed by atoms with E-state index in [2.05, 4.69) is 25.8 Å². The summed E-state index contributed by atoms with van der Waals surface area (Å²) < 4.78 is 0. The number of nitrogens with zero attached hydrogens (tertiary/aromatic N) is 1. The van der Waals surface area contributed by atoms with Gasteiger partial charge >= 0.3 is 0 Å². The molecule has 1 heterocycles. The molecule has 0 saturated carbocycles. The van der Waals surface area contributed by atoms with E-state index in [-0.39, 0.29) is 0 Å². The van der Waals surface area contributed by atoms with Crippen molar-refractivity contribution in [2.75, 3.05) is 26.7 Å². The highest BCUT2D eigenvalue weighted by Crippen LogP contribution is 1.94. The van der Waals surface area contributed by atoms with Crippen LogP contribution in [0.1, 0.15) is 13.8 Å². The van der Waals surface area contributed by atoms with Gasteiger partial charge in [-0.3, -0.25) is 0 Å². The predicted octanol–water partition coefficient (Wildman–Crippen LogP) is -0.817. The number of hydrogen-bond acceptors (Lipinski definition) is 1. The molecule has 0 aromatic heterocycles. The molecule has 0 aliphatic carbocycles. The van der Waals surface area contributed by atoms with Crippen molar-refractivity contribution in [1.29, 1.82) is 0 Å². The van der Waals surface area contributed by atoms with E-state index in [0.29, 0.717) is 0 Å². The SMILES string of the molecule is CCN1CC[NH+](C)C1C. The molecule has 0 aromatic carbocycles. The molecule has 54 valence electrons. The number of hydrogen-bond donors (Lipinski definition) is 1. The highest BCUT2D eigenvalue weighted by Gasteiger charge is 2.26. The first kappa shape index (κ1) is 7.03. The zero-order valence-electron chi connectivity index (χ0n) is 6.65. The van der Waals surface area contributed by atoms with E-state index in [1.54, 1.807) is 4.90 Å². The van der Waals surface area contributed by atoms with E-state index < -0.39 is 0 Å². The summed E-state index contributed by atoms with van der Waals surface area (Å²) >= 11 is 0. The fourth-order valence-electron chi connectivity index (χ4n) is 1.47. The Balaban J connectivity index is 2.41. The van der Waals surface area contributed by atoms with Crippen LogP contribution >= 0.6 is 0 Å². The molecular weight excluding hydrogens is 112 g/mol. The van der Waals surface area contributed by atoms with E-state index in [0.717, 1.165) is 6.17 Å². The highest BCUT2D eigenvalue weighted by molar-refractivity contribution is 4.59. The summed E-state index contributed by atoms with van der Waals surface area (Å²) in [4.78, 5) is 4.16. The monoisotopic (exact) mass is 129 g/mol. The molecule has 1 aliphatic rings. The third-order valence-electron chi connectivity index (χ3n) is 2.46. The maximum absolute atomic E-state index is 2.51. The molecule has 0 spiro atoms. The Morgan fingerprint density at radius 2 is 2.33 bits per heavy atom. The fraction of sp³-hybridized carbons (Fsp3) is 1.00. The fourth-order valence-corrected chi connectivity index (χ4v) is 1.47. The molecule has 0 aromatic rings. The topological polar surface area (TPSA) is 7.68 Å². The first-order valence-corrected chi connectivity index (χ1v) is 3.82. The molecule has 2 nitrogen and oxygen atoms in total. The van der Waals surface area contributed by atoms with Gasteiger partial charge in [-0.05, 0) is 0 Å². The van der Waals surface area contributed by atoms with Crippen LogP contribution in [0.25, 0.3) is 0 Å². The molecule has 0 amide bonds. The summed E-state index contributed by atoms with van der Waals surface area (Å²) in [6.45, 7) is 8.33. The van der Waals surface area contributed by atoms with Crippen molar-refractivity contribution in [2.24, 2.45) is 0 Å². The lowest BCUT2D eigenvalue weighted by Gasteiger charge is -2.18. The van der Waals surface area contributed by atoms with E-state index in [4.69, 9.17) is 0 Å². The molecule has 0 bridgehead atoms. The average Bonchev–Trinajstić information content (AvgIpc) is 2.15. The number of likely N-dealkylation sites (N-methyl/N-ethyl adjacent to an activating group) is 2. The third kappa shape index (κ3) is 1.25. The summed E-state index contributed by atoms with van der Waals surface area (Å²) in [5.74, 6) is 0. The van der Waals surface area contributed by atoms with Gasteiger partial charge in [-0.25, -0.2) is 4.90 Å². The predicted molar refractivity (Wildman–Crippen MR) is 38.5 cm³/mol. The van der Waals surface area contributed by atoms with Crippen LogP contribution in [0.5, 0.6) is 0 Å². The second kappa shape index (κ2) is 2.67. The second-order valence-corrected chi connectivity index (χ2v) is 2.90. The standard InChI is InChI=1S/C7H16N2/c1-4-9-6-5-8(3)7(9)2/h7H,4-6H2,1-3H3/p+1. The summed E-state index contributed by atoms with van der Waals surface area (Å²) in [6, 6.07) is 0. The van der Waals surface area contributed by atoms with Gasteiger partial charge in [0.2, 0.25) is 0 Å². The molecule has 2 unspecified atom stereocenters. The highest BCUT2D eigenvalue weighted by atomic mass is 15.4. The van der Waals surface area contributed by atoms with Gasteiger partial charge in [-0.15, -0.1) is 0 Å². The Morgan fingerprint density at radius 1 is 1.67 bits per heavy atom. The number of nitrogens with one attached hydrogen (secondary N) is 1. The van der Waals surface area contributed by atoms with Gasteiger partial charge in [-0.1, -0.05) is 6.92 Å². The Labute approximate surface area is 57.4 Å². The molecule has 2 atom stereocenters. The van der Waals surface area contributed by atoms with E-state index in [1.807, 2.05) is 0 Å². The molecule has 2 heteroatoms. The molecule has 0 radical (unpaired) electrons. The van der Waals surface area contributed by atoms with Gasteiger partial charge in [0.05, 0.1) is 20.1 Å². The van der Waals surface area contributed by atoms with Crippen LogP contribution in [0.4, 0.5) is 0 Å². The zero-order valence-corrected chi connectivity index (χ0v) is 6.65. The molecule has 1 N–H and O–H groups in total. The minimum Gasteiger partial charge on any atom is -0.322 e. The average molecular weight is 129 g/mol. The lowest BCUT2D eigenvalue weighted by Crippen LogP contribution is -3.11. The Morgan fingerprint density at radius 3 is 2.56 bits per heavy atom. The van der Waals surface area contributed by atoms with Crippen LogP contribution in [0.15, 0.2) is 0 Å². The van der Waals surface area contributed by atoms with Gasteiger partial charge in [0, 0.05) is 13.5 Å². The van der Waals surface area contributed by atoms with Gasteiger partial charge in [0.1, 0.15) is 6.17 Å². The Bertz CT molecular complexity index is 92.9.